The third-order valence-electron chi connectivity index (χ3n) is 5.67. The summed E-state index contributed by atoms with van der Waals surface area (Å²) in [6.07, 6.45) is 1.87. The Morgan fingerprint density at radius 1 is 1.04 bits per heavy atom. The van der Waals surface area contributed by atoms with Crippen molar-refractivity contribution in [2.45, 2.75) is 72.0 Å². The van der Waals surface area contributed by atoms with Gasteiger partial charge in [0.05, 0.1) is 6.61 Å². The van der Waals surface area contributed by atoms with Gasteiger partial charge < -0.3 is 9.47 Å². The molecule has 0 aromatic heterocycles. The summed E-state index contributed by atoms with van der Waals surface area (Å²) in [5.41, 5.74) is 4.75. The Hall–Kier alpha value is -1.80. The van der Waals surface area contributed by atoms with E-state index >= 15 is 0 Å². The van der Waals surface area contributed by atoms with Crippen molar-refractivity contribution < 1.29 is 9.47 Å². The molecule has 0 N–H and O–H groups in total. The standard InChI is InChI=1S/C25H34O2/c1-18(26-15-14-19-10-8-7-9-11-19)27-20-12-13-21-22(16-20)25(5,6)23(21)17-24(2,3)4/h7-13,16,18,23H,14-15,17H2,1-6H3. The van der Waals surface area contributed by atoms with Crippen LogP contribution in [0.25, 0.3) is 0 Å². The quantitative estimate of drug-likeness (QED) is 0.522. The molecule has 27 heavy (non-hydrogen) atoms. The van der Waals surface area contributed by atoms with Gasteiger partial charge in [-0.05, 0) is 65.3 Å². The first-order chi connectivity index (χ1) is 12.7. The van der Waals surface area contributed by atoms with Gasteiger partial charge in [-0.15, -0.1) is 0 Å². The van der Waals surface area contributed by atoms with E-state index in [2.05, 4.69) is 77.1 Å². The number of hydrogen-bond donors (Lipinski definition) is 0. The lowest BCUT2D eigenvalue weighted by Crippen LogP contribution is -2.40. The van der Waals surface area contributed by atoms with Crippen LogP contribution < -0.4 is 4.74 Å². The molecule has 1 aliphatic rings. The lowest BCUT2D eigenvalue weighted by atomic mass is 9.55. The lowest BCUT2D eigenvalue weighted by Gasteiger charge is -2.49. The van der Waals surface area contributed by atoms with Crippen molar-refractivity contribution in [3.05, 3.63) is 65.2 Å². The SMILES string of the molecule is CC(OCCc1ccccc1)Oc1ccc2c(c1)C(C)(C)C2CC(C)(C)C. The minimum atomic E-state index is -0.250. The predicted molar refractivity (Wildman–Crippen MR) is 112 cm³/mol. The predicted octanol–water partition coefficient (Wildman–Crippen LogP) is 6.48. The van der Waals surface area contributed by atoms with Gasteiger partial charge in [0.15, 0.2) is 6.29 Å². The second kappa shape index (κ2) is 7.67. The normalized spacial score (nSPS) is 19.1. The van der Waals surface area contributed by atoms with E-state index < -0.39 is 0 Å². The van der Waals surface area contributed by atoms with Gasteiger partial charge in [0.1, 0.15) is 5.75 Å². The molecule has 3 rings (SSSR count). The Morgan fingerprint density at radius 2 is 1.74 bits per heavy atom. The molecule has 0 saturated heterocycles. The number of benzene rings is 2. The summed E-state index contributed by atoms with van der Waals surface area (Å²) in [6, 6.07) is 17.0. The third kappa shape index (κ3) is 4.73. The summed E-state index contributed by atoms with van der Waals surface area (Å²) in [7, 11) is 0. The summed E-state index contributed by atoms with van der Waals surface area (Å²) in [5, 5.41) is 0. The van der Waals surface area contributed by atoms with Crippen LogP contribution in [-0.2, 0) is 16.6 Å². The molecule has 0 saturated carbocycles. The van der Waals surface area contributed by atoms with Crippen LogP contribution in [-0.4, -0.2) is 12.9 Å². The van der Waals surface area contributed by atoms with Gasteiger partial charge in [0, 0.05) is 0 Å². The van der Waals surface area contributed by atoms with E-state index in [0.29, 0.717) is 17.9 Å². The lowest BCUT2D eigenvalue weighted by molar-refractivity contribution is -0.0655. The minimum Gasteiger partial charge on any atom is -0.465 e. The van der Waals surface area contributed by atoms with Crippen molar-refractivity contribution in [3.63, 3.8) is 0 Å². The number of fused-ring (bicyclic) bond motifs is 1. The first-order valence-corrected chi connectivity index (χ1v) is 10.1. The van der Waals surface area contributed by atoms with Crippen LogP contribution in [0.5, 0.6) is 5.75 Å². The van der Waals surface area contributed by atoms with Crippen LogP contribution >= 0.6 is 0 Å². The Morgan fingerprint density at radius 3 is 2.41 bits per heavy atom. The Kier molecular flexibility index (Phi) is 5.67. The van der Waals surface area contributed by atoms with Gasteiger partial charge in [-0.2, -0.15) is 0 Å². The fourth-order valence-electron chi connectivity index (χ4n) is 4.16. The topological polar surface area (TPSA) is 18.5 Å². The molecule has 0 amide bonds. The molecule has 0 heterocycles. The maximum absolute atomic E-state index is 6.03. The van der Waals surface area contributed by atoms with E-state index in [1.807, 2.05) is 13.0 Å². The highest BCUT2D eigenvalue weighted by Crippen LogP contribution is 2.56. The fraction of sp³-hybridized carbons (Fsp3) is 0.520. The summed E-state index contributed by atoms with van der Waals surface area (Å²) in [6.45, 7) is 14.3. The molecule has 1 aliphatic carbocycles. The first-order valence-electron chi connectivity index (χ1n) is 10.1. The van der Waals surface area contributed by atoms with Crippen molar-refractivity contribution in [2.75, 3.05) is 6.61 Å². The Labute approximate surface area is 164 Å². The fourth-order valence-corrected chi connectivity index (χ4v) is 4.16. The molecule has 0 bridgehead atoms. The summed E-state index contributed by atoms with van der Waals surface area (Å²) in [4.78, 5) is 0. The van der Waals surface area contributed by atoms with E-state index in [4.69, 9.17) is 9.47 Å². The highest BCUT2D eigenvalue weighted by atomic mass is 16.7. The highest BCUT2D eigenvalue weighted by Gasteiger charge is 2.45. The van der Waals surface area contributed by atoms with Crippen molar-refractivity contribution in [2.24, 2.45) is 5.41 Å². The summed E-state index contributed by atoms with van der Waals surface area (Å²) >= 11 is 0. The Balaban J connectivity index is 1.57. The van der Waals surface area contributed by atoms with Crippen LogP contribution in [0, 0.1) is 5.41 Å². The zero-order valence-corrected chi connectivity index (χ0v) is 17.7. The number of rotatable bonds is 7. The smallest absolute Gasteiger partial charge is 0.196 e. The van der Waals surface area contributed by atoms with Crippen LogP contribution in [0.1, 0.15) is 70.6 Å². The van der Waals surface area contributed by atoms with Crippen molar-refractivity contribution >= 4 is 0 Å². The second-order valence-corrected chi connectivity index (χ2v) is 9.58. The molecule has 2 unspecified atom stereocenters. The molecule has 0 aliphatic heterocycles. The third-order valence-corrected chi connectivity index (χ3v) is 5.67. The van der Waals surface area contributed by atoms with Crippen LogP contribution in [0.3, 0.4) is 0 Å². The average molecular weight is 367 g/mol. The van der Waals surface area contributed by atoms with E-state index in [1.165, 1.54) is 23.1 Å². The van der Waals surface area contributed by atoms with E-state index in [0.717, 1.165) is 12.2 Å². The van der Waals surface area contributed by atoms with Crippen molar-refractivity contribution in [1.82, 2.24) is 0 Å². The minimum absolute atomic E-state index is 0.208. The first kappa shape index (κ1) is 19.9. The average Bonchev–Trinajstić information content (AvgIpc) is 2.60. The molecule has 146 valence electrons. The van der Waals surface area contributed by atoms with Gasteiger partial charge in [-0.3, -0.25) is 0 Å². The maximum Gasteiger partial charge on any atom is 0.196 e. The van der Waals surface area contributed by atoms with Gasteiger partial charge in [0.2, 0.25) is 0 Å². The highest BCUT2D eigenvalue weighted by molar-refractivity contribution is 5.52. The molecule has 2 aromatic rings. The number of hydrogen-bond acceptors (Lipinski definition) is 2. The van der Waals surface area contributed by atoms with Gasteiger partial charge in [0.25, 0.3) is 0 Å². The molecular formula is C25H34O2. The van der Waals surface area contributed by atoms with Crippen LogP contribution in [0.4, 0.5) is 0 Å². The zero-order chi connectivity index (χ0) is 19.7. The van der Waals surface area contributed by atoms with Crippen LogP contribution in [0.2, 0.25) is 0 Å². The molecule has 2 atom stereocenters. The number of ether oxygens (including phenoxy) is 2. The molecule has 0 radical (unpaired) electrons. The molecule has 0 fully saturated rings. The zero-order valence-electron chi connectivity index (χ0n) is 17.7. The van der Waals surface area contributed by atoms with Crippen molar-refractivity contribution in [1.29, 1.82) is 0 Å². The Bertz CT molecular complexity index is 756. The van der Waals surface area contributed by atoms with E-state index in [9.17, 15) is 0 Å². The largest absolute Gasteiger partial charge is 0.465 e. The van der Waals surface area contributed by atoms with Gasteiger partial charge in [-0.25, -0.2) is 0 Å². The van der Waals surface area contributed by atoms with E-state index in [-0.39, 0.29) is 11.7 Å². The molecule has 2 aromatic carbocycles. The van der Waals surface area contributed by atoms with Gasteiger partial charge in [-0.1, -0.05) is 71.0 Å². The molecule has 0 spiro atoms. The van der Waals surface area contributed by atoms with E-state index in [1.54, 1.807) is 0 Å². The summed E-state index contributed by atoms with van der Waals surface area (Å²) < 4.78 is 11.9. The summed E-state index contributed by atoms with van der Waals surface area (Å²) in [5.74, 6) is 1.53. The second-order valence-electron chi connectivity index (χ2n) is 9.58. The monoisotopic (exact) mass is 366 g/mol. The van der Waals surface area contributed by atoms with Crippen LogP contribution in [0.15, 0.2) is 48.5 Å². The molecular weight excluding hydrogens is 332 g/mol. The molecule has 2 nitrogen and oxygen atoms in total. The maximum atomic E-state index is 6.03. The van der Waals surface area contributed by atoms with Gasteiger partial charge >= 0.3 is 0 Å². The molecule has 2 heteroatoms. The van der Waals surface area contributed by atoms with Crippen molar-refractivity contribution in [3.8, 4) is 5.75 Å².